The summed E-state index contributed by atoms with van der Waals surface area (Å²) in [6.45, 7) is 0.668. The van der Waals surface area contributed by atoms with Gasteiger partial charge in [-0.3, -0.25) is 0 Å². The number of nitrogens with one attached hydrogen (secondary N) is 1. The summed E-state index contributed by atoms with van der Waals surface area (Å²) in [7, 11) is 0. The smallest absolute Gasteiger partial charge is 0.335 e. The van der Waals surface area contributed by atoms with E-state index in [4.69, 9.17) is 5.73 Å². The topological polar surface area (TPSA) is 79.1 Å². The van der Waals surface area contributed by atoms with Gasteiger partial charge in [-0.2, -0.15) is 0 Å². The number of carboxylic acids is 1. The summed E-state index contributed by atoms with van der Waals surface area (Å²) in [5.74, 6) is -0.901. The molecule has 124 valence electrons. The van der Waals surface area contributed by atoms with E-state index in [1.165, 1.54) is 9.13 Å². The van der Waals surface area contributed by atoms with E-state index in [-0.39, 0.29) is 0 Å². The Kier molecular flexibility index (Phi) is 5.20. The van der Waals surface area contributed by atoms with Gasteiger partial charge in [-0.1, -0.05) is 12.1 Å². The Labute approximate surface area is 154 Å². The molecule has 0 aliphatic heterocycles. The molecule has 24 heavy (non-hydrogen) atoms. The van der Waals surface area contributed by atoms with Crippen molar-refractivity contribution in [3.8, 4) is 11.3 Å². The summed E-state index contributed by atoms with van der Waals surface area (Å²) in [6, 6.07) is 13.6. The van der Waals surface area contributed by atoms with Crippen LogP contribution < -0.4 is 5.73 Å². The molecule has 0 aliphatic carbocycles. The molecule has 0 saturated heterocycles. The number of hydrogen-bond donors (Lipinski definition) is 3. The standard InChI is InChI=1S/C19H19IN2O2/c20-14-5-3-4-12(10-14)18-15(6-1-2-9-21)16-11-13(19(23)24)7-8-17(16)22-18/h3-5,7-8,10-11,22H,1-2,6,9,21H2,(H,23,24). The second-order valence-corrected chi connectivity index (χ2v) is 7.05. The number of benzene rings is 2. The van der Waals surface area contributed by atoms with E-state index in [1.807, 2.05) is 12.1 Å². The molecule has 4 nitrogen and oxygen atoms in total. The largest absolute Gasteiger partial charge is 0.478 e. The van der Waals surface area contributed by atoms with Crippen molar-refractivity contribution in [3.05, 3.63) is 57.2 Å². The Balaban J connectivity index is 2.16. The molecule has 1 heterocycles. The van der Waals surface area contributed by atoms with Crippen LogP contribution in [0.3, 0.4) is 0 Å². The van der Waals surface area contributed by atoms with Crippen molar-refractivity contribution in [3.63, 3.8) is 0 Å². The molecule has 0 aliphatic rings. The van der Waals surface area contributed by atoms with Crippen molar-refractivity contribution in [2.45, 2.75) is 19.3 Å². The molecule has 4 N–H and O–H groups in total. The monoisotopic (exact) mass is 434 g/mol. The van der Waals surface area contributed by atoms with Gasteiger partial charge < -0.3 is 15.8 Å². The van der Waals surface area contributed by atoms with Crippen LogP contribution in [0, 0.1) is 3.57 Å². The Hall–Kier alpha value is -1.86. The van der Waals surface area contributed by atoms with Crippen molar-refractivity contribution in [1.29, 1.82) is 0 Å². The first-order valence-electron chi connectivity index (χ1n) is 7.94. The Bertz CT molecular complexity index is 886. The number of H-pyrrole nitrogens is 1. The number of unbranched alkanes of at least 4 members (excludes halogenated alkanes) is 1. The van der Waals surface area contributed by atoms with Crippen LogP contribution >= 0.6 is 22.6 Å². The van der Waals surface area contributed by atoms with Crippen LogP contribution in [0.2, 0.25) is 0 Å². The minimum absolute atomic E-state index is 0.316. The zero-order valence-corrected chi connectivity index (χ0v) is 15.3. The van der Waals surface area contributed by atoms with E-state index >= 15 is 0 Å². The molecule has 3 rings (SSSR count). The van der Waals surface area contributed by atoms with E-state index < -0.39 is 5.97 Å². The van der Waals surface area contributed by atoms with Crippen molar-refractivity contribution >= 4 is 39.5 Å². The summed E-state index contributed by atoms with van der Waals surface area (Å²) in [4.78, 5) is 14.8. The number of carbonyl (C=O) groups is 1. The van der Waals surface area contributed by atoms with E-state index in [0.29, 0.717) is 12.1 Å². The maximum Gasteiger partial charge on any atom is 0.335 e. The average molecular weight is 434 g/mol. The highest BCUT2D eigenvalue weighted by atomic mass is 127. The Morgan fingerprint density at radius 1 is 1.17 bits per heavy atom. The fourth-order valence-electron chi connectivity index (χ4n) is 2.98. The molecule has 3 aromatic rings. The highest BCUT2D eigenvalue weighted by Crippen LogP contribution is 2.33. The SMILES string of the molecule is NCCCCc1c(-c2cccc(I)c2)[nH]c2ccc(C(=O)O)cc12. The molecule has 0 spiro atoms. The van der Waals surface area contributed by atoms with E-state index in [9.17, 15) is 9.90 Å². The van der Waals surface area contributed by atoms with Crippen LogP contribution in [-0.2, 0) is 6.42 Å². The lowest BCUT2D eigenvalue weighted by atomic mass is 9.99. The third kappa shape index (κ3) is 3.47. The molecule has 5 heteroatoms. The molecular weight excluding hydrogens is 415 g/mol. The van der Waals surface area contributed by atoms with Crippen molar-refractivity contribution in [2.24, 2.45) is 5.73 Å². The highest BCUT2D eigenvalue weighted by molar-refractivity contribution is 14.1. The maximum absolute atomic E-state index is 11.3. The van der Waals surface area contributed by atoms with Gasteiger partial charge in [0.2, 0.25) is 0 Å². The maximum atomic E-state index is 11.3. The third-order valence-corrected chi connectivity index (χ3v) is 4.82. The zero-order chi connectivity index (χ0) is 17.1. The van der Waals surface area contributed by atoms with Gasteiger partial charge in [0.1, 0.15) is 0 Å². The second kappa shape index (κ2) is 7.36. The normalized spacial score (nSPS) is 11.1. The lowest BCUT2D eigenvalue weighted by molar-refractivity contribution is 0.0697. The minimum atomic E-state index is -0.901. The van der Waals surface area contributed by atoms with Gasteiger partial charge in [0.25, 0.3) is 0 Å². The molecule has 0 radical (unpaired) electrons. The lowest BCUT2D eigenvalue weighted by Gasteiger charge is -2.06. The molecule has 0 saturated carbocycles. The lowest BCUT2D eigenvalue weighted by Crippen LogP contribution is -1.99. The summed E-state index contributed by atoms with van der Waals surface area (Å²) < 4.78 is 1.17. The number of hydrogen-bond acceptors (Lipinski definition) is 2. The molecule has 0 fully saturated rings. The van der Waals surface area contributed by atoms with Gasteiger partial charge in [-0.15, -0.1) is 0 Å². The Morgan fingerprint density at radius 2 is 2.00 bits per heavy atom. The number of aromatic carboxylic acids is 1. The minimum Gasteiger partial charge on any atom is -0.478 e. The molecule has 0 unspecified atom stereocenters. The van der Waals surface area contributed by atoms with Gasteiger partial charge in [-0.25, -0.2) is 4.79 Å². The first-order valence-corrected chi connectivity index (χ1v) is 9.02. The number of fused-ring (bicyclic) bond motifs is 1. The second-order valence-electron chi connectivity index (χ2n) is 5.80. The zero-order valence-electron chi connectivity index (χ0n) is 13.2. The van der Waals surface area contributed by atoms with Crippen molar-refractivity contribution in [1.82, 2.24) is 4.98 Å². The molecule has 1 aromatic heterocycles. The summed E-state index contributed by atoms with van der Waals surface area (Å²) in [5.41, 5.74) is 10.3. The predicted octanol–water partition coefficient (Wildman–Crippen LogP) is 4.42. The third-order valence-electron chi connectivity index (χ3n) is 4.15. The number of halogens is 1. The van der Waals surface area contributed by atoms with Crippen LogP contribution in [0.5, 0.6) is 0 Å². The van der Waals surface area contributed by atoms with Crippen LogP contribution in [0.4, 0.5) is 0 Å². The van der Waals surface area contributed by atoms with E-state index in [0.717, 1.165) is 41.4 Å². The van der Waals surface area contributed by atoms with Gasteiger partial charge in [0.05, 0.1) is 5.56 Å². The van der Waals surface area contributed by atoms with Crippen LogP contribution in [0.1, 0.15) is 28.8 Å². The highest BCUT2D eigenvalue weighted by Gasteiger charge is 2.15. The number of carboxylic acid groups (broad SMARTS) is 1. The summed E-state index contributed by atoms with van der Waals surface area (Å²) in [6.07, 6.45) is 2.82. The number of nitrogens with two attached hydrogens (primary N) is 1. The van der Waals surface area contributed by atoms with Crippen molar-refractivity contribution < 1.29 is 9.90 Å². The van der Waals surface area contributed by atoms with Gasteiger partial charge >= 0.3 is 5.97 Å². The summed E-state index contributed by atoms with van der Waals surface area (Å²) >= 11 is 2.30. The van der Waals surface area contributed by atoms with E-state index in [2.05, 4.69) is 45.8 Å². The first-order chi connectivity index (χ1) is 11.6. The van der Waals surface area contributed by atoms with Gasteiger partial charge in [0, 0.05) is 20.2 Å². The fourth-order valence-corrected chi connectivity index (χ4v) is 3.52. The van der Waals surface area contributed by atoms with Crippen molar-refractivity contribution in [2.75, 3.05) is 6.54 Å². The van der Waals surface area contributed by atoms with Crippen LogP contribution in [0.15, 0.2) is 42.5 Å². The fraction of sp³-hybridized carbons (Fsp3) is 0.211. The molecule has 0 amide bonds. The Morgan fingerprint density at radius 3 is 2.71 bits per heavy atom. The average Bonchev–Trinajstić information content (AvgIpc) is 2.93. The quantitative estimate of drug-likeness (QED) is 0.397. The molecule has 2 aromatic carbocycles. The summed E-state index contributed by atoms with van der Waals surface area (Å²) in [5, 5.41) is 10.3. The number of aromatic amines is 1. The molecule has 0 atom stereocenters. The van der Waals surface area contributed by atoms with E-state index in [1.54, 1.807) is 12.1 Å². The van der Waals surface area contributed by atoms with Gasteiger partial charge in [-0.05, 0) is 89.9 Å². The molecule has 0 bridgehead atoms. The van der Waals surface area contributed by atoms with Crippen LogP contribution in [0.25, 0.3) is 22.2 Å². The predicted molar refractivity (Wildman–Crippen MR) is 105 cm³/mol. The number of aromatic nitrogens is 1. The number of aryl methyl sites for hydroxylation is 1. The first kappa shape index (κ1) is 17.0. The number of rotatable bonds is 6. The molecular formula is C19H19IN2O2. The van der Waals surface area contributed by atoms with Crippen LogP contribution in [-0.4, -0.2) is 22.6 Å². The van der Waals surface area contributed by atoms with Gasteiger partial charge in [0.15, 0.2) is 0 Å².